The van der Waals surface area contributed by atoms with Crippen LogP contribution in [0.1, 0.15) is 37.7 Å². The van der Waals surface area contributed by atoms with E-state index >= 15 is 0 Å². The van der Waals surface area contributed by atoms with Gasteiger partial charge in [0.2, 0.25) is 5.91 Å². The molecule has 1 heterocycles. The van der Waals surface area contributed by atoms with Gasteiger partial charge in [0.05, 0.1) is 6.04 Å². The van der Waals surface area contributed by atoms with Gasteiger partial charge in [-0.3, -0.25) is 19.7 Å². The summed E-state index contributed by atoms with van der Waals surface area (Å²) in [6.45, 7) is 0.253. The summed E-state index contributed by atoms with van der Waals surface area (Å²) < 4.78 is 0. The normalized spacial score (nSPS) is 18.2. The predicted molar refractivity (Wildman–Crippen MR) is 102 cm³/mol. The minimum atomic E-state index is -1.15. The monoisotopic (exact) mass is 406 g/mol. The lowest BCUT2D eigenvalue weighted by Gasteiger charge is -2.29. The first-order valence-corrected chi connectivity index (χ1v) is 9.57. The number of benzene rings is 1. The van der Waals surface area contributed by atoms with Crippen LogP contribution in [0.3, 0.4) is 0 Å². The van der Waals surface area contributed by atoms with Crippen LogP contribution < -0.4 is 5.32 Å². The van der Waals surface area contributed by atoms with E-state index in [2.05, 4.69) is 5.32 Å². The molecule has 1 aromatic carbocycles. The van der Waals surface area contributed by atoms with Gasteiger partial charge in [-0.1, -0.05) is 30.3 Å². The largest absolute Gasteiger partial charge is 0.481 e. The topological polar surface area (TPSA) is 144 Å². The van der Waals surface area contributed by atoms with Crippen molar-refractivity contribution in [1.29, 1.82) is 0 Å². The van der Waals surface area contributed by atoms with Gasteiger partial charge in [0, 0.05) is 13.0 Å². The zero-order chi connectivity index (χ0) is 21.4. The number of carboxylic acids is 3. The predicted octanol–water partition coefficient (Wildman–Crippen LogP) is 0.971. The first-order valence-electron chi connectivity index (χ1n) is 9.57. The number of nitrogens with zero attached hydrogens (tertiary/aromatic N) is 1. The smallest absolute Gasteiger partial charge is 0.326 e. The summed E-state index contributed by atoms with van der Waals surface area (Å²) in [7, 11) is 0. The molecule has 1 saturated heterocycles. The van der Waals surface area contributed by atoms with Crippen molar-refractivity contribution in [2.45, 2.75) is 56.7 Å². The second-order valence-corrected chi connectivity index (χ2v) is 7.09. The average Bonchev–Trinajstić information content (AvgIpc) is 3.17. The van der Waals surface area contributed by atoms with Gasteiger partial charge >= 0.3 is 17.9 Å². The Balaban J connectivity index is 2.11. The van der Waals surface area contributed by atoms with E-state index in [9.17, 15) is 29.4 Å². The molecule has 158 valence electrons. The lowest BCUT2D eigenvalue weighted by molar-refractivity contribution is -0.150. The quantitative estimate of drug-likeness (QED) is 0.425. The summed E-state index contributed by atoms with van der Waals surface area (Å²) in [4.78, 5) is 48.2. The number of carbonyl (C=O) groups excluding carboxylic acids is 1. The van der Waals surface area contributed by atoms with Crippen molar-refractivity contribution in [1.82, 2.24) is 10.2 Å². The standard InChI is InChI=1S/C20H26N2O7/c23-17(24)11-10-14(18(25)22-12-4-7-16(22)20(28)29)21-15(19(26)27)9-8-13-5-2-1-3-6-13/h1-3,5-6,14-16,21H,4,7-12H2,(H,23,24)(H,26,27)(H,28,29)/t14-,15?,16-/m0/s1. The second kappa shape index (κ2) is 10.6. The Morgan fingerprint density at radius 3 is 2.31 bits per heavy atom. The summed E-state index contributed by atoms with van der Waals surface area (Å²) in [6.07, 6.45) is 1.07. The summed E-state index contributed by atoms with van der Waals surface area (Å²) >= 11 is 0. The van der Waals surface area contributed by atoms with Crippen molar-refractivity contribution in [3.63, 3.8) is 0 Å². The Morgan fingerprint density at radius 1 is 1.03 bits per heavy atom. The number of rotatable bonds is 11. The number of nitrogens with one attached hydrogen (secondary N) is 1. The van der Waals surface area contributed by atoms with Gasteiger partial charge < -0.3 is 20.2 Å². The van der Waals surface area contributed by atoms with Crippen LogP contribution in [0.5, 0.6) is 0 Å². The van der Waals surface area contributed by atoms with Crippen molar-refractivity contribution in [2.24, 2.45) is 0 Å². The first-order chi connectivity index (χ1) is 13.8. The van der Waals surface area contributed by atoms with E-state index in [1.54, 1.807) is 0 Å². The molecule has 9 heteroatoms. The van der Waals surface area contributed by atoms with E-state index in [1.165, 1.54) is 4.90 Å². The molecule has 0 spiro atoms. The Morgan fingerprint density at radius 2 is 1.72 bits per heavy atom. The third kappa shape index (κ3) is 6.56. The highest BCUT2D eigenvalue weighted by Crippen LogP contribution is 2.20. The van der Waals surface area contributed by atoms with Crippen molar-refractivity contribution in [2.75, 3.05) is 6.54 Å². The minimum Gasteiger partial charge on any atom is -0.481 e. The van der Waals surface area contributed by atoms with Crippen LogP contribution in [0.15, 0.2) is 30.3 Å². The van der Waals surface area contributed by atoms with E-state index in [-0.39, 0.29) is 25.8 Å². The molecular formula is C20H26N2O7. The second-order valence-electron chi connectivity index (χ2n) is 7.09. The Kier molecular flexibility index (Phi) is 8.14. The lowest BCUT2D eigenvalue weighted by atomic mass is 10.0. The fourth-order valence-electron chi connectivity index (χ4n) is 3.51. The number of aryl methyl sites for hydroxylation is 1. The highest BCUT2D eigenvalue weighted by Gasteiger charge is 2.38. The number of aliphatic carboxylic acids is 3. The van der Waals surface area contributed by atoms with Gasteiger partial charge in [-0.25, -0.2) is 4.79 Å². The van der Waals surface area contributed by atoms with Crippen molar-refractivity contribution >= 4 is 23.8 Å². The SMILES string of the molecule is O=C(O)CC[C@H](NC(CCc1ccccc1)C(=O)O)C(=O)N1CCC[C@H]1C(=O)O. The third-order valence-electron chi connectivity index (χ3n) is 5.03. The minimum absolute atomic E-state index is 0.119. The van der Waals surface area contributed by atoms with E-state index in [1.807, 2.05) is 30.3 Å². The van der Waals surface area contributed by atoms with Gasteiger partial charge in [0.25, 0.3) is 0 Å². The van der Waals surface area contributed by atoms with E-state index in [0.717, 1.165) is 5.56 Å². The number of carboxylic acid groups (broad SMARTS) is 3. The van der Waals surface area contributed by atoms with Crippen LogP contribution in [-0.2, 0) is 25.6 Å². The average molecular weight is 406 g/mol. The molecule has 1 fully saturated rings. The summed E-state index contributed by atoms with van der Waals surface area (Å²) in [6, 6.07) is 6.16. The highest BCUT2D eigenvalue weighted by atomic mass is 16.4. The molecule has 1 aromatic rings. The molecule has 9 nitrogen and oxygen atoms in total. The van der Waals surface area contributed by atoms with Crippen molar-refractivity contribution in [3.8, 4) is 0 Å². The summed E-state index contributed by atoms with van der Waals surface area (Å²) in [5.41, 5.74) is 0.944. The Bertz CT molecular complexity index is 738. The zero-order valence-corrected chi connectivity index (χ0v) is 16.0. The molecule has 1 unspecified atom stereocenters. The molecule has 0 bridgehead atoms. The molecule has 1 aliphatic heterocycles. The molecule has 4 N–H and O–H groups in total. The number of amides is 1. The van der Waals surface area contributed by atoms with Gasteiger partial charge in [-0.15, -0.1) is 0 Å². The number of hydrogen-bond donors (Lipinski definition) is 4. The first kappa shape index (κ1) is 22.4. The van der Waals surface area contributed by atoms with Gasteiger partial charge in [-0.2, -0.15) is 0 Å². The molecule has 29 heavy (non-hydrogen) atoms. The molecule has 0 radical (unpaired) electrons. The van der Waals surface area contributed by atoms with Crippen LogP contribution in [-0.4, -0.2) is 68.7 Å². The van der Waals surface area contributed by atoms with Crippen LogP contribution in [0.2, 0.25) is 0 Å². The number of carbonyl (C=O) groups is 4. The van der Waals surface area contributed by atoms with E-state index in [0.29, 0.717) is 19.3 Å². The van der Waals surface area contributed by atoms with E-state index in [4.69, 9.17) is 5.11 Å². The Labute approximate surface area is 168 Å². The van der Waals surface area contributed by atoms with Gasteiger partial charge in [0.15, 0.2) is 0 Å². The zero-order valence-electron chi connectivity index (χ0n) is 16.0. The number of likely N-dealkylation sites (tertiary alicyclic amines) is 1. The van der Waals surface area contributed by atoms with Crippen molar-refractivity contribution < 1.29 is 34.5 Å². The maximum atomic E-state index is 12.9. The summed E-state index contributed by atoms with van der Waals surface area (Å²) in [5.74, 6) is -3.95. The van der Waals surface area contributed by atoms with Crippen LogP contribution in [0.4, 0.5) is 0 Å². The number of hydrogen-bond acceptors (Lipinski definition) is 5. The molecule has 0 aromatic heterocycles. The molecule has 2 rings (SSSR count). The van der Waals surface area contributed by atoms with Crippen molar-refractivity contribution in [3.05, 3.63) is 35.9 Å². The van der Waals surface area contributed by atoms with Gasteiger partial charge in [0.1, 0.15) is 12.1 Å². The summed E-state index contributed by atoms with van der Waals surface area (Å²) in [5, 5.41) is 30.6. The third-order valence-corrected chi connectivity index (χ3v) is 5.03. The van der Waals surface area contributed by atoms with E-state index < -0.39 is 41.9 Å². The Hall–Kier alpha value is -2.94. The molecule has 1 aliphatic rings. The molecule has 0 aliphatic carbocycles. The molecule has 0 saturated carbocycles. The highest BCUT2D eigenvalue weighted by molar-refractivity contribution is 5.88. The van der Waals surface area contributed by atoms with Crippen LogP contribution >= 0.6 is 0 Å². The fourth-order valence-corrected chi connectivity index (χ4v) is 3.51. The lowest BCUT2D eigenvalue weighted by Crippen LogP contribution is -2.54. The molecule has 1 amide bonds. The fraction of sp³-hybridized carbons (Fsp3) is 0.500. The van der Waals surface area contributed by atoms with Gasteiger partial charge in [-0.05, 0) is 37.7 Å². The van der Waals surface area contributed by atoms with Crippen LogP contribution in [0, 0.1) is 0 Å². The molecular weight excluding hydrogens is 380 g/mol. The maximum absolute atomic E-state index is 12.9. The van der Waals surface area contributed by atoms with Crippen LogP contribution in [0.25, 0.3) is 0 Å². The molecule has 3 atom stereocenters. The maximum Gasteiger partial charge on any atom is 0.326 e.